The van der Waals surface area contributed by atoms with Crippen molar-refractivity contribution in [1.82, 2.24) is 10.5 Å². The summed E-state index contributed by atoms with van der Waals surface area (Å²) in [6.07, 6.45) is 2.81. The molecule has 1 N–H and O–H groups in total. The molecule has 0 radical (unpaired) electrons. The van der Waals surface area contributed by atoms with Gasteiger partial charge in [0.15, 0.2) is 5.76 Å². The van der Waals surface area contributed by atoms with E-state index in [-0.39, 0.29) is 11.9 Å². The van der Waals surface area contributed by atoms with Crippen molar-refractivity contribution < 1.29 is 18.8 Å². The molecule has 0 bridgehead atoms. The summed E-state index contributed by atoms with van der Waals surface area (Å²) < 4.78 is 10.9. The number of carbonyl (C=O) groups excluding carboxylic acids is 2. The van der Waals surface area contributed by atoms with Crippen LogP contribution in [0.15, 0.2) is 83.4 Å². The predicted molar refractivity (Wildman–Crippen MR) is 146 cm³/mol. The molecule has 1 aromatic heterocycles. The molecule has 1 fully saturated rings. The average molecular weight is 509 g/mol. The number of aryl methyl sites for hydroxylation is 2. The van der Waals surface area contributed by atoms with E-state index in [0.717, 1.165) is 51.9 Å². The van der Waals surface area contributed by atoms with E-state index in [4.69, 9.17) is 9.26 Å². The minimum Gasteiger partial charge on any atom is -0.465 e. The van der Waals surface area contributed by atoms with Gasteiger partial charge in [0.05, 0.1) is 17.7 Å². The van der Waals surface area contributed by atoms with Crippen molar-refractivity contribution in [3.63, 3.8) is 0 Å². The number of hydrogen-bond donors (Lipinski definition) is 1. The third-order valence-electron chi connectivity index (χ3n) is 7.26. The van der Waals surface area contributed by atoms with Crippen LogP contribution < -0.4 is 5.32 Å². The van der Waals surface area contributed by atoms with Gasteiger partial charge in [-0.2, -0.15) is 0 Å². The number of aromatic nitrogens is 1. The maximum Gasteiger partial charge on any atom is 0.316 e. The summed E-state index contributed by atoms with van der Waals surface area (Å²) in [7, 11) is 0. The molecule has 38 heavy (non-hydrogen) atoms. The van der Waals surface area contributed by atoms with Gasteiger partial charge in [-0.3, -0.25) is 9.59 Å². The Morgan fingerprint density at radius 2 is 1.55 bits per heavy atom. The number of esters is 1. The minimum absolute atomic E-state index is 0.00451. The maximum absolute atomic E-state index is 12.4. The molecule has 4 aromatic rings. The molecule has 0 saturated heterocycles. The third-order valence-corrected chi connectivity index (χ3v) is 7.26. The zero-order chi connectivity index (χ0) is 26.5. The Morgan fingerprint density at radius 3 is 2.18 bits per heavy atom. The van der Waals surface area contributed by atoms with Gasteiger partial charge in [0, 0.05) is 24.1 Å². The number of amides is 1. The minimum atomic E-state index is -0.462. The lowest BCUT2D eigenvalue weighted by Crippen LogP contribution is -2.23. The summed E-state index contributed by atoms with van der Waals surface area (Å²) >= 11 is 0. The molecule has 1 heterocycles. The van der Waals surface area contributed by atoms with Gasteiger partial charge in [0.25, 0.3) is 0 Å². The highest BCUT2D eigenvalue weighted by Gasteiger charge is 2.52. The average Bonchev–Trinajstić information content (AvgIpc) is 3.69. The van der Waals surface area contributed by atoms with Gasteiger partial charge in [-0.15, -0.1) is 0 Å². The normalized spacial score (nSPS) is 13.6. The van der Waals surface area contributed by atoms with Crippen LogP contribution in [0.25, 0.3) is 22.5 Å². The van der Waals surface area contributed by atoms with Crippen LogP contribution in [0.5, 0.6) is 0 Å². The first-order valence-corrected chi connectivity index (χ1v) is 13.1. The van der Waals surface area contributed by atoms with Crippen LogP contribution >= 0.6 is 0 Å². The van der Waals surface area contributed by atoms with E-state index in [2.05, 4.69) is 22.6 Å². The quantitative estimate of drug-likeness (QED) is 0.260. The third kappa shape index (κ3) is 5.40. The Kier molecular flexibility index (Phi) is 7.40. The molecule has 1 saturated carbocycles. The SMILES string of the molecule is CCOC(=O)C1(c2ccc(-c3ccc(-c4onc(C)c4CNC(=O)CCc4ccccc4)cc3)cc2)CC1. The molecule has 0 unspecified atom stereocenters. The topological polar surface area (TPSA) is 81.4 Å². The van der Waals surface area contributed by atoms with E-state index in [1.165, 1.54) is 0 Å². The van der Waals surface area contributed by atoms with Crippen molar-refractivity contribution in [3.8, 4) is 22.5 Å². The van der Waals surface area contributed by atoms with Gasteiger partial charge < -0.3 is 14.6 Å². The molecule has 3 aromatic carbocycles. The van der Waals surface area contributed by atoms with Crippen LogP contribution in [0.3, 0.4) is 0 Å². The summed E-state index contributed by atoms with van der Waals surface area (Å²) in [4.78, 5) is 24.8. The number of rotatable bonds is 10. The second-order valence-corrected chi connectivity index (χ2v) is 9.80. The maximum atomic E-state index is 12.4. The Balaban J connectivity index is 1.24. The summed E-state index contributed by atoms with van der Waals surface area (Å²) in [6.45, 7) is 4.49. The molecular weight excluding hydrogens is 476 g/mol. The van der Waals surface area contributed by atoms with Crippen molar-refractivity contribution in [2.24, 2.45) is 0 Å². The smallest absolute Gasteiger partial charge is 0.316 e. The number of carbonyl (C=O) groups is 2. The molecule has 194 valence electrons. The molecule has 6 heteroatoms. The summed E-state index contributed by atoms with van der Waals surface area (Å²) in [5.41, 5.74) is 6.37. The zero-order valence-corrected chi connectivity index (χ0v) is 21.8. The van der Waals surface area contributed by atoms with Gasteiger partial charge in [-0.05, 0) is 55.4 Å². The highest BCUT2D eigenvalue weighted by Crippen LogP contribution is 2.49. The second kappa shape index (κ2) is 11.1. The lowest BCUT2D eigenvalue weighted by atomic mass is 9.93. The summed E-state index contributed by atoms with van der Waals surface area (Å²) in [6, 6.07) is 26.3. The fraction of sp³-hybridized carbons (Fsp3) is 0.281. The van der Waals surface area contributed by atoms with Crippen LogP contribution in [0.1, 0.15) is 48.6 Å². The molecule has 1 amide bonds. The van der Waals surface area contributed by atoms with Crippen LogP contribution in [-0.4, -0.2) is 23.6 Å². The van der Waals surface area contributed by atoms with E-state index in [1.807, 2.05) is 80.6 Å². The van der Waals surface area contributed by atoms with Gasteiger partial charge in [-0.25, -0.2) is 0 Å². The van der Waals surface area contributed by atoms with E-state index in [9.17, 15) is 9.59 Å². The van der Waals surface area contributed by atoms with Crippen LogP contribution in [0, 0.1) is 6.92 Å². The molecular formula is C32H32N2O4. The standard InChI is InChI=1S/C32H32N2O4/c1-3-37-31(36)32(19-20-32)27-16-14-25(15-17-27)24-10-12-26(13-11-24)30-28(22(2)34-38-30)21-33-29(35)18-9-23-7-5-4-6-8-23/h4-8,10-17H,3,9,18-21H2,1-2H3,(H,33,35). The number of hydrogen-bond acceptors (Lipinski definition) is 5. The van der Waals surface area contributed by atoms with Crippen molar-refractivity contribution in [2.75, 3.05) is 6.61 Å². The van der Waals surface area contributed by atoms with E-state index in [0.29, 0.717) is 31.8 Å². The lowest BCUT2D eigenvalue weighted by molar-refractivity contribution is -0.146. The van der Waals surface area contributed by atoms with Crippen LogP contribution in [0.4, 0.5) is 0 Å². The Hall–Kier alpha value is -4.19. The van der Waals surface area contributed by atoms with Gasteiger partial charge in [-0.1, -0.05) is 84.0 Å². The largest absolute Gasteiger partial charge is 0.465 e. The highest BCUT2D eigenvalue weighted by atomic mass is 16.5. The fourth-order valence-corrected chi connectivity index (χ4v) is 4.80. The van der Waals surface area contributed by atoms with Crippen molar-refractivity contribution in [2.45, 2.75) is 51.5 Å². The molecule has 0 spiro atoms. The van der Waals surface area contributed by atoms with Crippen molar-refractivity contribution >= 4 is 11.9 Å². The van der Waals surface area contributed by atoms with Crippen LogP contribution in [-0.2, 0) is 32.7 Å². The number of nitrogens with one attached hydrogen (secondary N) is 1. The Bertz CT molecular complexity index is 1400. The van der Waals surface area contributed by atoms with Crippen molar-refractivity contribution in [1.29, 1.82) is 0 Å². The zero-order valence-electron chi connectivity index (χ0n) is 21.8. The summed E-state index contributed by atoms with van der Waals surface area (Å²) in [5.74, 6) is 0.538. The molecule has 0 aliphatic heterocycles. The van der Waals surface area contributed by atoms with Gasteiger partial charge in [0.2, 0.25) is 5.91 Å². The monoisotopic (exact) mass is 508 g/mol. The Labute approximate surface area is 223 Å². The van der Waals surface area contributed by atoms with Crippen molar-refractivity contribution in [3.05, 3.63) is 101 Å². The first-order chi connectivity index (χ1) is 18.5. The fourth-order valence-electron chi connectivity index (χ4n) is 4.80. The number of ether oxygens (including phenoxy) is 1. The van der Waals surface area contributed by atoms with E-state index >= 15 is 0 Å². The first kappa shape index (κ1) is 25.5. The highest BCUT2D eigenvalue weighted by molar-refractivity contribution is 5.87. The lowest BCUT2D eigenvalue weighted by Gasteiger charge is -2.14. The second-order valence-electron chi connectivity index (χ2n) is 9.80. The first-order valence-electron chi connectivity index (χ1n) is 13.1. The van der Waals surface area contributed by atoms with Gasteiger partial charge in [0.1, 0.15) is 0 Å². The summed E-state index contributed by atoms with van der Waals surface area (Å²) in [5, 5.41) is 7.16. The predicted octanol–water partition coefficient (Wildman–Crippen LogP) is 6.16. The van der Waals surface area contributed by atoms with Gasteiger partial charge >= 0.3 is 5.97 Å². The van der Waals surface area contributed by atoms with E-state index < -0.39 is 5.41 Å². The number of benzene rings is 3. The molecule has 6 nitrogen and oxygen atoms in total. The molecule has 1 aliphatic carbocycles. The molecule has 1 aliphatic rings. The number of nitrogens with zero attached hydrogens (tertiary/aromatic N) is 1. The molecule has 0 atom stereocenters. The molecule has 5 rings (SSSR count). The van der Waals surface area contributed by atoms with E-state index in [1.54, 1.807) is 0 Å². The van der Waals surface area contributed by atoms with Crippen LogP contribution in [0.2, 0.25) is 0 Å². The Morgan fingerprint density at radius 1 is 0.921 bits per heavy atom.